The first-order valence-corrected chi connectivity index (χ1v) is 10.6. The van der Waals surface area contributed by atoms with Crippen molar-refractivity contribution >= 4 is 17.7 Å². The standard InChI is InChI=1S/C21H33N5O2/c1-3-22-21(26-13-8-18(9-14-26)20(27)28-4-2)24-16-17-7-10-23-19(15-17)25-11-5-6-12-25/h7,10,15,18H,3-6,8-9,11-14,16H2,1-2H3,(H,22,24). The molecule has 0 spiro atoms. The van der Waals surface area contributed by atoms with Crippen molar-refractivity contribution in [3.8, 4) is 0 Å². The van der Waals surface area contributed by atoms with Crippen LogP contribution in [0.1, 0.15) is 45.1 Å². The molecule has 0 radical (unpaired) electrons. The maximum atomic E-state index is 12.0. The van der Waals surface area contributed by atoms with Gasteiger partial charge < -0.3 is 19.9 Å². The van der Waals surface area contributed by atoms with Crippen molar-refractivity contribution < 1.29 is 9.53 Å². The van der Waals surface area contributed by atoms with Gasteiger partial charge in [0.25, 0.3) is 0 Å². The second-order valence-corrected chi connectivity index (χ2v) is 7.40. The molecule has 0 atom stereocenters. The Morgan fingerprint density at radius 1 is 1.25 bits per heavy atom. The number of hydrogen-bond donors (Lipinski definition) is 1. The molecule has 7 nitrogen and oxygen atoms in total. The maximum Gasteiger partial charge on any atom is 0.309 e. The van der Waals surface area contributed by atoms with Gasteiger partial charge in [-0.1, -0.05) is 0 Å². The van der Waals surface area contributed by atoms with Gasteiger partial charge in [-0.2, -0.15) is 0 Å². The summed E-state index contributed by atoms with van der Waals surface area (Å²) in [6, 6.07) is 4.20. The quantitative estimate of drug-likeness (QED) is 0.459. The van der Waals surface area contributed by atoms with Gasteiger partial charge in [0.2, 0.25) is 0 Å². The van der Waals surface area contributed by atoms with E-state index in [0.717, 1.165) is 57.3 Å². The number of likely N-dealkylation sites (tertiary alicyclic amines) is 1. The van der Waals surface area contributed by atoms with Gasteiger partial charge in [-0.3, -0.25) is 4.79 Å². The zero-order valence-electron chi connectivity index (χ0n) is 17.2. The number of pyridine rings is 1. The smallest absolute Gasteiger partial charge is 0.309 e. The monoisotopic (exact) mass is 387 g/mol. The van der Waals surface area contributed by atoms with E-state index >= 15 is 0 Å². The van der Waals surface area contributed by atoms with E-state index in [1.54, 1.807) is 0 Å². The van der Waals surface area contributed by atoms with E-state index in [2.05, 4.69) is 33.1 Å². The number of guanidine groups is 1. The summed E-state index contributed by atoms with van der Waals surface area (Å²) >= 11 is 0. The van der Waals surface area contributed by atoms with Crippen molar-refractivity contribution in [1.29, 1.82) is 0 Å². The van der Waals surface area contributed by atoms with Crippen LogP contribution >= 0.6 is 0 Å². The number of ether oxygens (including phenoxy) is 1. The third-order valence-electron chi connectivity index (χ3n) is 5.40. The van der Waals surface area contributed by atoms with Crippen LogP contribution in [0.25, 0.3) is 0 Å². The molecule has 2 aliphatic heterocycles. The highest BCUT2D eigenvalue weighted by molar-refractivity contribution is 5.80. The van der Waals surface area contributed by atoms with Gasteiger partial charge >= 0.3 is 5.97 Å². The Labute approximate surface area is 168 Å². The highest BCUT2D eigenvalue weighted by Gasteiger charge is 2.27. The molecule has 3 heterocycles. The Morgan fingerprint density at radius 2 is 2.00 bits per heavy atom. The van der Waals surface area contributed by atoms with Gasteiger partial charge in [-0.05, 0) is 57.2 Å². The van der Waals surface area contributed by atoms with Gasteiger partial charge in [-0.15, -0.1) is 0 Å². The SMILES string of the molecule is CCNC(=NCc1ccnc(N2CCCC2)c1)N1CCC(C(=O)OCC)CC1. The number of aromatic nitrogens is 1. The number of nitrogens with zero attached hydrogens (tertiary/aromatic N) is 4. The lowest BCUT2D eigenvalue weighted by molar-refractivity contribution is -0.149. The lowest BCUT2D eigenvalue weighted by Crippen LogP contribution is -2.46. The number of aliphatic imine (C=N–C) groups is 1. The highest BCUT2D eigenvalue weighted by atomic mass is 16.5. The van der Waals surface area contributed by atoms with Crippen LogP contribution < -0.4 is 10.2 Å². The van der Waals surface area contributed by atoms with Gasteiger partial charge in [0.1, 0.15) is 5.82 Å². The fourth-order valence-corrected chi connectivity index (χ4v) is 3.86. The van der Waals surface area contributed by atoms with E-state index in [1.807, 2.05) is 19.2 Å². The van der Waals surface area contributed by atoms with Crippen LogP contribution in [-0.2, 0) is 16.1 Å². The second kappa shape index (κ2) is 10.3. The summed E-state index contributed by atoms with van der Waals surface area (Å²) in [6.07, 6.45) is 6.01. The molecule has 1 aromatic heterocycles. The first-order chi connectivity index (χ1) is 13.7. The predicted octanol–water partition coefficient (Wildman–Crippen LogP) is 2.42. The number of anilines is 1. The van der Waals surface area contributed by atoms with Crippen LogP contribution in [0.3, 0.4) is 0 Å². The molecule has 0 saturated carbocycles. The number of piperidine rings is 1. The summed E-state index contributed by atoms with van der Waals surface area (Å²) in [4.78, 5) is 25.9. The molecule has 28 heavy (non-hydrogen) atoms. The fraction of sp³-hybridized carbons (Fsp3) is 0.667. The summed E-state index contributed by atoms with van der Waals surface area (Å²) in [5.74, 6) is 1.94. The number of rotatable bonds is 6. The van der Waals surface area contributed by atoms with E-state index in [4.69, 9.17) is 9.73 Å². The van der Waals surface area contributed by atoms with Crippen molar-refractivity contribution in [3.05, 3.63) is 23.9 Å². The lowest BCUT2D eigenvalue weighted by Gasteiger charge is -2.33. The number of esters is 1. The van der Waals surface area contributed by atoms with Crippen LogP contribution in [0, 0.1) is 5.92 Å². The molecular formula is C21H33N5O2. The summed E-state index contributed by atoms with van der Waals surface area (Å²) in [7, 11) is 0. The normalized spacial score (nSPS) is 18.4. The van der Waals surface area contributed by atoms with Crippen molar-refractivity contribution in [2.45, 2.75) is 46.1 Å². The lowest BCUT2D eigenvalue weighted by atomic mass is 9.97. The average molecular weight is 388 g/mol. The Morgan fingerprint density at radius 3 is 2.68 bits per heavy atom. The molecule has 1 aromatic rings. The third-order valence-corrected chi connectivity index (χ3v) is 5.40. The van der Waals surface area contributed by atoms with Gasteiger partial charge in [-0.25, -0.2) is 9.98 Å². The van der Waals surface area contributed by atoms with E-state index in [0.29, 0.717) is 13.2 Å². The minimum atomic E-state index is -0.0599. The van der Waals surface area contributed by atoms with E-state index in [1.165, 1.54) is 18.4 Å². The van der Waals surface area contributed by atoms with Crippen LogP contribution in [0.15, 0.2) is 23.3 Å². The maximum absolute atomic E-state index is 12.0. The minimum Gasteiger partial charge on any atom is -0.466 e. The van der Waals surface area contributed by atoms with Crippen LogP contribution in [-0.4, -0.2) is 61.1 Å². The molecule has 0 unspecified atom stereocenters. The molecule has 7 heteroatoms. The third kappa shape index (κ3) is 5.36. The fourth-order valence-electron chi connectivity index (χ4n) is 3.86. The second-order valence-electron chi connectivity index (χ2n) is 7.40. The van der Waals surface area contributed by atoms with Crippen molar-refractivity contribution in [3.63, 3.8) is 0 Å². The molecule has 2 fully saturated rings. The topological polar surface area (TPSA) is 70.1 Å². The van der Waals surface area contributed by atoms with Crippen LogP contribution in [0.4, 0.5) is 5.82 Å². The average Bonchev–Trinajstić information content (AvgIpc) is 3.27. The molecule has 2 saturated heterocycles. The first-order valence-electron chi connectivity index (χ1n) is 10.6. The molecule has 154 valence electrons. The minimum absolute atomic E-state index is 0.0160. The van der Waals surface area contributed by atoms with Crippen molar-refractivity contribution in [2.24, 2.45) is 10.9 Å². The molecule has 2 aliphatic rings. The van der Waals surface area contributed by atoms with Crippen LogP contribution in [0.5, 0.6) is 0 Å². The van der Waals surface area contributed by atoms with E-state index < -0.39 is 0 Å². The Hall–Kier alpha value is -2.31. The zero-order valence-corrected chi connectivity index (χ0v) is 17.2. The highest BCUT2D eigenvalue weighted by Crippen LogP contribution is 2.20. The summed E-state index contributed by atoms with van der Waals surface area (Å²) in [5.41, 5.74) is 1.17. The van der Waals surface area contributed by atoms with Gasteiger partial charge in [0, 0.05) is 38.9 Å². The number of carbonyl (C=O) groups is 1. The Balaban J connectivity index is 1.60. The Bertz CT molecular complexity index is 665. The summed E-state index contributed by atoms with van der Waals surface area (Å²) in [5, 5.41) is 3.40. The molecule has 3 rings (SSSR count). The van der Waals surface area contributed by atoms with Gasteiger partial charge in [0.15, 0.2) is 5.96 Å². The first kappa shape index (κ1) is 20.4. The predicted molar refractivity (Wildman–Crippen MR) is 111 cm³/mol. The van der Waals surface area contributed by atoms with Gasteiger partial charge in [0.05, 0.1) is 19.1 Å². The number of carbonyl (C=O) groups excluding carboxylic acids is 1. The Kier molecular flexibility index (Phi) is 7.51. The van der Waals surface area contributed by atoms with Crippen LogP contribution in [0.2, 0.25) is 0 Å². The largest absolute Gasteiger partial charge is 0.466 e. The molecule has 0 amide bonds. The van der Waals surface area contributed by atoms with E-state index in [-0.39, 0.29) is 11.9 Å². The number of nitrogens with one attached hydrogen (secondary N) is 1. The molecule has 0 aromatic carbocycles. The van der Waals surface area contributed by atoms with Crippen molar-refractivity contribution in [1.82, 2.24) is 15.2 Å². The zero-order chi connectivity index (χ0) is 19.8. The van der Waals surface area contributed by atoms with E-state index in [9.17, 15) is 4.79 Å². The number of hydrogen-bond acceptors (Lipinski definition) is 5. The summed E-state index contributed by atoms with van der Waals surface area (Å²) < 4.78 is 5.17. The molecule has 1 N–H and O–H groups in total. The van der Waals surface area contributed by atoms with Crippen molar-refractivity contribution in [2.75, 3.05) is 44.2 Å². The summed E-state index contributed by atoms with van der Waals surface area (Å²) in [6.45, 7) is 9.69. The molecular weight excluding hydrogens is 354 g/mol. The molecule has 0 bridgehead atoms. The molecule has 0 aliphatic carbocycles.